The van der Waals surface area contributed by atoms with Crippen LogP contribution in [0.2, 0.25) is 0 Å². The van der Waals surface area contributed by atoms with Gasteiger partial charge in [0, 0.05) is 23.5 Å². The Kier molecular flexibility index (Phi) is 6.26. The van der Waals surface area contributed by atoms with Crippen LogP contribution in [-0.2, 0) is 0 Å². The van der Waals surface area contributed by atoms with Crippen molar-refractivity contribution in [2.45, 2.75) is 25.2 Å². The number of carbonyl (C=O) groups is 2. The second kappa shape index (κ2) is 9.27. The molecular weight excluding hydrogens is 404 g/mol. The molecule has 0 saturated heterocycles. The molecular formula is C27H26O5. The summed E-state index contributed by atoms with van der Waals surface area (Å²) in [6.45, 7) is 2.48. The zero-order valence-electron chi connectivity index (χ0n) is 18.5. The molecule has 32 heavy (non-hydrogen) atoms. The van der Waals surface area contributed by atoms with Gasteiger partial charge in [0.15, 0.2) is 23.1 Å². The summed E-state index contributed by atoms with van der Waals surface area (Å²) in [7, 11) is 3.08. The number of benzene rings is 3. The number of carbonyl (C=O) groups excluding carboxylic acids is 2. The fourth-order valence-corrected chi connectivity index (χ4v) is 4.43. The lowest BCUT2D eigenvalue weighted by Crippen LogP contribution is -2.29. The predicted octanol–water partition coefficient (Wildman–Crippen LogP) is 5.44. The van der Waals surface area contributed by atoms with Gasteiger partial charge < -0.3 is 14.2 Å². The summed E-state index contributed by atoms with van der Waals surface area (Å²) in [6.07, 6.45) is 0.250. The fraction of sp³-hybridized carbons (Fsp3) is 0.259. The number of hydrogen-bond donors (Lipinski definition) is 0. The molecule has 0 amide bonds. The molecule has 5 heteroatoms. The van der Waals surface area contributed by atoms with Gasteiger partial charge in [-0.2, -0.15) is 0 Å². The first kappa shape index (κ1) is 21.6. The lowest BCUT2D eigenvalue weighted by atomic mass is 9.68. The number of hydrogen-bond acceptors (Lipinski definition) is 5. The maximum atomic E-state index is 13.9. The Balaban J connectivity index is 1.85. The van der Waals surface area contributed by atoms with Gasteiger partial charge in [0.05, 0.1) is 26.7 Å². The maximum absolute atomic E-state index is 13.9. The van der Waals surface area contributed by atoms with Crippen LogP contribution in [0.3, 0.4) is 0 Å². The van der Waals surface area contributed by atoms with Crippen molar-refractivity contribution in [3.8, 4) is 17.2 Å². The Labute approximate surface area is 187 Å². The summed E-state index contributed by atoms with van der Waals surface area (Å²) in [4.78, 5) is 27.0. The van der Waals surface area contributed by atoms with E-state index in [4.69, 9.17) is 14.2 Å². The van der Waals surface area contributed by atoms with E-state index in [1.807, 2.05) is 37.3 Å². The number of ketones is 2. The van der Waals surface area contributed by atoms with Crippen molar-refractivity contribution in [1.82, 2.24) is 0 Å². The average Bonchev–Trinajstić information content (AvgIpc) is 2.84. The van der Waals surface area contributed by atoms with E-state index in [2.05, 4.69) is 0 Å². The summed E-state index contributed by atoms with van der Waals surface area (Å²) >= 11 is 0. The molecule has 0 saturated carbocycles. The normalized spacial score (nSPS) is 17.4. The molecule has 2 unspecified atom stereocenters. The molecule has 3 aromatic rings. The van der Waals surface area contributed by atoms with Crippen molar-refractivity contribution in [1.29, 1.82) is 0 Å². The molecule has 1 aliphatic rings. The fourth-order valence-electron chi connectivity index (χ4n) is 4.43. The van der Waals surface area contributed by atoms with Crippen LogP contribution in [0.5, 0.6) is 17.2 Å². The summed E-state index contributed by atoms with van der Waals surface area (Å²) in [5.41, 5.74) is 2.73. The summed E-state index contributed by atoms with van der Waals surface area (Å²) in [5, 5.41) is 0. The quantitative estimate of drug-likeness (QED) is 0.467. The Morgan fingerprint density at radius 3 is 2.22 bits per heavy atom. The van der Waals surface area contributed by atoms with E-state index in [-0.39, 0.29) is 23.9 Å². The molecule has 0 aliphatic heterocycles. The Morgan fingerprint density at radius 2 is 1.59 bits per heavy atom. The van der Waals surface area contributed by atoms with E-state index in [0.29, 0.717) is 40.5 Å². The van der Waals surface area contributed by atoms with E-state index in [0.717, 1.165) is 5.56 Å². The molecule has 5 nitrogen and oxygen atoms in total. The van der Waals surface area contributed by atoms with Crippen molar-refractivity contribution in [3.63, 3.8) is 0 Å². The lowest BCUT2D eigenvalue weighted by molar-refractivity contribution is 0.0900. The molecule has 0 heterocycles. The standard InChI is InChI=1S/C27H26O5/c1-4-32-19-12-10-18(11-13-19)27(29)26-20(17-8-6-5-7-9-17)14-23(28)21-15-24(30-2)25(31-3)16-22(21)26/h5-13,15-16,20,26H,4,14H2,1-3H3. The van der Waals surface area contributed by atoms with E-state index in [1.165, 1.54) is 7.11 Å². The number of fused-ring (bicyclic) bond motifs is 1. The van der Waals surface area contributed by atoms with E-state index >= 15 is 0 Å². The van der Waals surface area contributed by atoms with Gasteiger partial charge in [0.2, 0.25) is 0 Å². The third kappa shape index (κ3) is 3.98. The molecule has 4 rings (SSSR count). The van der Waals surface area contributed by atoms with Gasteiger partial charge in [-0.3, -0.25) is 9.59 Å². The molecule has 3 aromatic carbocycles. The minimum atomic E-state index is -0.525. The van der Waals surface area contributed by atoms with Gasteiger partial charge in [-0.25, -0.2) is 0 Å². The highest BCUT2D eigenvalue weighted by Crippen LogP contribution is 2.47. The van der Waals surface area contributed by atoms with Gasteiger partial charge >= 0.3 is 0 Å². The van der Waals surface area contributed by atoms with Crippen LogP contribution in [0.1, 0.15) is 57.0 Å². The topological polar surface area (TPSA) is 61.8 Å². The van der Waals surface area contributed by atoms with Crippen LogP contribution in [0.4, 0.5) is 0 Å². The smallest absolute Gasteiger partial charge is 0.170 e. The third-order valence-electron chi connectivity index (χ3n) is 5.96. The molecule has 0 fully saturated rings. The van der Waals surface area contributed by atoms with Crippen LogP contribution in [0.25, 0.3) is 0 Å². The van der Waals surface area contributed by atoms with Gasteiger partial charge in [-0.15, -0.1) is 0 Å². The third-order valence-corrected chi connectivity index (χ3v) is 5.96. The second-order valence-electron chi connectivity index (χ2n) is 7.74. The first-order valence-corrected chi connectivity index (χ1v) is 10.7. The Hall–Kier alpha value is -3.60. The van der Waals surface area contributed by atoms with Gasteiger partial charge in [-0.1, -0.05) is 30.3 Å². The highest BCUT2D eigenvalue weighted by atomic mass is 16.5. The summed E-state index contributed by atoms with van der Waals surface area (Å²) in [6, 6.07) is 20.4. The van der Waals surface area contributed by atoms with Gasteiger partial charge in [0.25, 0.3) is 0 Å². The molecule has 1 aliphatic carbocycles. The van der Waals surface area contributed by atoms with Crippen molar-refractivity contribution in [2.75, 3.05) is 20.8 Å². The monoisotopic (exact) mass is 430 g/mol. The van der Waals surface area contributed by atoms with Gasteiger partial charge in [0.1, 0.15) is 5.75 Å². The van der Waals surface area contributed by atoms with Crippen molar-refractivity contribution < 1.29 is 23.8 Å². The highest BCUT2D eigenvalue weighted by molar-refractivity contribution is 6.08. The molecule has 0 radical (unpaired) electrons. The van der Waals surface area contributed by atoms with E-state index in [1.54, 1.807) is 43.5 Å². The van der Waals surface area contributed by atoms with Crippen LogP contribution < -0.4 is 14.2 Å². The van der Waals surface area contributed by atoms with Crippen LogP contribution >= 0.6 is 0 Å². The molecule has 0 N–H and O–H groups in total. The van der Waals surface area contributed by atoms with Crippen LogP contribution in [0, 0.1) is 0 Å². The second-order valence-corrected chi connectivity index (χ2v) is 7.74. The molecule has 0 aromatic heterocycles. The molecule has 164 valence electrons. The average molecular weight is 431 g/mol. The van der Waals surface area contributed by atoms with E-state index < -0.39 is 5.92 Å². The number of Topliss-reactive ketones (excluding diaryl/α,β-unsaturated/α-hetero) is 2. The van der Waals surface area contributed by atoms with E-state index in [9.17, 15) is 9.59 Å². The SMILES string of the molecule is CCOc1ccc(C(=O)C2c3cc(OC)c(OC)cc3C(=O)CC2c2ccccc2)cc1. The van der Waals surface area contributed by atoms with Crippen molar-refractivity contribution in [2.24, 2.45) is 0 Å². The zero-order valence-corrected chi connectivity index (χ0v) is 18.5. The Bertz CT molecular complexity index is 1120. The molecule has 2 atom stereocenters. The first-order valence-electron chi connectivity index (χ1n) is 10.7. The molecule has 0 bridgehead atoms. The largest absolute Gasteiger partial charge is 0.494 e. The minimum absolute atomic E-state index is 0.00875. The minimum Gasteiger partial charge on any atom is -0.494 e. The summed E-state index contributed by atoms with van der Waals surface area (Å²) in [5.74, 6) is 0.848. The summed E-state index contributed by atoms with van der Waals surface area (Å²) < 4.78 is 16.4. The maximum Gasteiger partial charge on any atom is 0.170 e. The number of methoxy groups -OCH3 is 2. The first-order chi connectivity index (χ1) is 15.6. The van der Waals surface area contributed by atoms with Gasteiger partial charge in [-0.05, 0) is 54.4 Å². The van der Waals surface area contributed by atoms with Crippen molar-refractivity contribution in [3.05, 3.63) is 89.0 Å². The Morgan fingerprint density at radius 1 is 0.938 bits per heavy atom. The lowest BCUT2D eigenvalue weighted by Gasteiger charge is -2.33. The molecule has 0 spiro atoms. The number of rotatable bonds is 7. The number of ether oxygens (including phenoxy) is 3. The zero-order chi connectivity index (χ0) is 22.7. The van der Waals surface area contributed by atoms with Crippen molar-refractivity contribution >= 4 is 11.6 Å². The van der Waals surface area contributed by atoms with Crippen LogP contribution in [-0.4, -0.2) is 32.4 Å². The predicted molar refractivity (Wildman–Crippen MR) is 122 cm³/mol. The van der Waals surface area contributed by atoms with Crippen LogP contribution in [0.15, 0.2) is 66.7 Å². The highest BCUT2D eigenvalue weighted by Gasteiger charge is 2.40.